The van der Waals surface area contributed by atoms with Crippen LogP contribution in [0, 0.1) is 0 Å². The molecule has 1 rings (SSSR count). The first-order valence-corrected chi connectivity index (χ1v) is 7.48. The molecule has 1 N–H and O–H groups in total. The Morgan fingerprint density at radius 2 is 2.20 bits per heavy atom. The summed E-state index contributed by atoms with van der Waals surface area (Å²) in [7, 11) is 0. The monoisotopic (exact) mass is 231 g/mol. The van der Waals surface area contributed by atoms with Gasteiger partial charge in [0.15, 0.2) is 0 Å². The zero-order valence-corrected chi connectivity index (χ0v) is 10.8. The van der Waals surface area contributed by atoms with E-state index in [0.717, 1.165) is 32.2 Å². The summed E-state index contributed by atoms with van der Waals surface area (Å²) < 4.78 is 5.52. The van der Waals surface area contributed by atoms with Crippen molar-refractivity contribution in [2.45, 2.75) is 45.1 Å². The van der Waals surface area contributed by atoms with Crippen LogP contribution in [0.15, 0.2) is 0 Å². The van der Waals surface area contributed by atoms with Crippen LogP contribution in [-0.4, -0.2) is 37.3 Å². The Hall–Kier alpha value is 0.270. The highest BCUT2D eigenvalue weighted by Gasteiger charge is 2.11. The van der Waals surface area contributed by atoms with Gasteiger partial charge in [0.25, 0.3) is 0 Å². The molecule has 90 valence electrons. The number of hydrogen-bond acceptors (Lipinski definition) is 3. The number of rotatable bonds is 8. The number of nitrogens with one attached hydrogen (secondary N) is 1. The van der Waals surface area contributed by atoms with Crippen molar-refractivity contribution in [2.24, 2.45) is 0 Å². The van der Waals surface area contributed by atoms with Gasteiger partial charge in [0.2, 0.25) is 0 Å². The van der Waals surface area contributed by atoms with Gasteiger partial charge in [-0.3, -0.25) is 0 Å². The number of unbranched alkanes of at least 4 members (excludes halogenated alkanes) is 1. The minimum absolute atomic E-state index is 0.763. The lowest BCUT2D eigenvalue weighted by atomic mass is 10.2. The highest BCUT2D eigenvalue weighted by Crippen LogP contribution is 2.16. The highest BCUT2D eigenvalue weighted by molar-refractivity contribution is 7.99. The lowest BCUT2D eigenvalue weighted by Gasteiger charge is -2.22. The molecule has 2 nitrogen and oxygen atoms in total. The molecule has 0 aromatic rings. The maximum absolute atomic E-state index is 5.52. The molecule has 0 saturated carbocycles. The van der Waals surface area contributed by atoms with Crippen LogP contribution in [-0.2, 0) is 4.74 Å². The first-order valence-electron chi connectivity index (χ1n) is 6.32. The molecule has 3 heteroatoms. The lowest BCUT2D eigenvalue weighted by molar-refractivity contribution is 0.128. The van der Waals surface area contributed by atoms with E-state index in [1.165, 1.54) is 37.2 Å². The van der Waals surface area contributed by atoms with Crippen LogP contribution in [0.4, 0.5) is 0 Å². The van der Waals surface area contributed by atoms with Gasteiger partial charge >= 0.3 is 0 Å². The average molecular weight is 231 g/mol. The fraction of sp³-hybridized carbons (Fsp3) is 1.00. The van der Waals surface area contributed by atoms with E-state index >= 15 is 0 Å². The van der Waals surface area contributed by atoms with Crippen molar-refractivity contribution in [3.8, 4) is 0 Å². The van der Waals surface area contributed by atoms with Crippen molar-refractivity contribution >= 4 is 11.8 Å². The van der Waals surface area contributed by atoms with Crippen molar-refractivity contribution in [1.82, 2.24) is 5.32 Å². The molecule has 1 saturated heterocycles. The van der Waals surface area contributed by atoms with E-state index in [2.05, 4.69) is 24.0 Å². The van der Waals surface area contributed by atoms with Crippen molar-refractivity contribution < 1.29 is 4.74 Å². The van der Waals surface area contributed by atoms with Gasteiger partial charge in [-0.15, -0.1) is 0 Å². The number of hydrogen-bond donors (Lipinski definition) is 1. The molecular formula is C12H25NOS. The van der Waals surface area contributed by atoms with Gasteiger partial charge in [-0.2, -0.15) is 11.8 Å². The Morgan fingerprint density at radius 1 is 1.33 bits per heavy atom. The van der Waals surface area contributed by atoms with Gasteiger partial charge in [0.1, 0.15) is 0 Å². The number of ether oxygens (including phenoxy) is 1. The van der Waals surface area contributed by atoms with Gasteiger partial charge in [-0.25, -0.2) is 0 Å². The summed E-state index contributed by atoms with van der Waals surface area (Å²) in [5.41, 5.74) is 0. The Balaban J connectivity index is 1.79. The molecule has 0 aromatic carbocycles. The lowest BCUT2D eigenvalue weighted by Crippen LogP contribution is -2.34. The molecule has 0 aromatic heterocycles. The van der Waals surface area contributed by atoms with E-state index in [0.29, 0.717) is 0 Å². The van der Waals surface area contributed by atoms with E-state index in [-0.39, 0.29) is 0 Å². The maximum Gasteiger partial charge on any atom is 0.0478 e. The average Bonchev–Trinajstić information content (AvgIpc) is 2.29. The topological polar surface area (TPSA) is 21.3 Å². The molecule has 1 heterocycles. The SMILES string of the molecule is CCCCOCCCNC1CCCSC1. The van der Waals surface area contributed by atoms with Gasteiger partial charge in [0, 0.05) is 25.0 Å². The van der Waals surface area contributed by atoms with Crippen molar-refractivity contribution in [3.63, 3.8) is 0 Å². The summed E-state index contributed by atoms with van der Waals surface area (Å²) in [5, 5.41) is 3.61. The highest BCUT2D eigenvalue weighted by atomic mass is 32.2. The van der Waals surface area contributed by atoms with Crippen molar-refractivity contribution in [1.29, 1.82) is 0 Å². The molecule has 0 bridgehead atoms. The van der Waals surface area contributed by atoms with Crippen LogP contribution in [0.3, 0.4) is 0 Å². The second-order valence-electron chi connectivity index (χ2n) is 4.19. The van der Waals surface area contributed by atoms with Crippen molar-refractivity contribution in [2.75, 3.05) is 31.3 Å². The quantitative estimate of drug-likeness (QED) is 0.649. The minimum atomic E-state index is 0.763. The smallest absolute Gasteiger partial charge is 0.0478 e. The summed E-state index contributed by atoms with van der Waals surface area (Å²) in [6.45, 7) is 5.19. The van der Waals surface area contributed by atoms with Crippen LogP contribution in [0.1, 0.15) is 39.0 Å². The predicted molar refractivity (Wildman–Crippen MR) is 68.7 cm³/mol. The molecule has 0 aliphatic carbocycles. The van der Waals surface area contributed by atoms with Crippen LogP contribution in [0.5, 0.6) is 0 Å². The van der Waals surface area contributed by atoms with Crippen LogP contribution in [0.25, 0.3) is 0 Å². The summed E-state index contributed by atoms with van der Waals surface area (Å²) in [6, 6.07) is 0.763. The third kappa shape index (κ3) is 7.20. The van der Waals surface area contributed by atoms with Crippen molar-refractivity contribution in [3.05, 3.63) is 0 Å². The molecule has 0 spiro atoms. The van der Waals surface area contributed by atoms with Gasteiger partial charge in [-0.05, 0) is 38.0 Å². The Morgan fingerprint density at radius 3 is 2.93 bits per heavy atom. The molecule has 1 aliphatic rings. The molecule has 0 amide bonds. The Kier molecular flexibility index (Phi) is 8.44. The molecule has 0 radical (unpaired) electrons. The molecule has 1 fully saturated rings. The Labute approximate surface area is 98.5 Å². The summed E-state index contributed by atoms with van der Waals surface area (Å²) >= 11 is 2.08. The minimum Gasteiger partial charge on any atom is -0.381 e. The zero-order chi connectivity index (χ0) is 10.8. The molecule has 1 aliphatic heterocycles. The maximum atomic E-state index is 5.52. The van der Waals surface area contributed by atoms with Crippen LogP contribution >= 0.6 is 11.8 Å². The Bertz CT molecular complexity index is 138. The van der Waals surface area contributed by atoms with Gasteiger partial charge in [-0.1, -0.05) is 13.3 Å². The normalized spacial score (nSPS) is 21.8. The first-order chi connectivity index (χ1) is 7.43. The second-order valence-corrected chi connectivity index (χ2v) is 5.34. The number of thioether (sulfide) groups is 1. The predicted octanol–water partition coefficient (Wildman–Crippen LogP) is 2.68. The largest absolute Gasteiger partial charge is 0.381 e. The van der Waals surface area contributed by atoms with E-state index in [1.54, 1.807) is 0 Å². The molecule has 15 heavy (non-hydrogen) atoms. The summed E-state index contributed by atoms with van der Waals surface area (Å²) in [6.07, 6.45) is 6.34. The van der Waals surface area contributed by atoms with Gasteiger partial charge in [0.05, 0.1) is 0 Å². The summed E-state index contributed by atoms with van der Waals surface area (Å²) in [4.78, 5) is 0. The first kappa shape index (κ1) is 13.3. The third-order valence-electron chi connectivity index (χ3n) is 2.70. The molecular weight excluding hydrogens is 206 g/mol. The molecule has 1 atom stereocenters. The van der Waals surface area contributed by atoms with E-state index in [9.17, 15) is 0 Å². The van der Waals surface area contributed by atoms with E-state index in [1.807, 2.05) is 0 Å². The van der Waals surface area contributed by atoms with Crippen LogP contribution in [0.2, 0.25) is 0 Å². The van der Waals surface area contributed by atoms with Gasteiger partial charge < -0.3 is 10.1 Å². The second kappa shape index (κ2) is 9.49. The van der Waals surface area contributed by atoms with E-state index < -0.39 is 0 Å². The fourth-order valence-electron chi connectivity index (χ4n) is 1.73. The van der Waals surface area contributed by atoms with E-state index in [4.69, 9.17) is 4.74 Å². The fourth-order valence-corrected chi connectivity index (χ4v) is 2.84. The zero-order valence-electron chi connectivity index (χ0n) is 9.96. The standard InChI is InChI=1S/C12H25NOS/c1-2-3-8-14-9-5-7-13-12-6-4-10-15-11-12/h12-13H,2-11H2,1H3. The third-order valence-corrected chi connectivity index (χ3v) is 3.92. The summed E-state index contributed by atoms with van der Waals surface area (Å²) in [5.74, 6) is 2.66. The van der Waals surface area contributed by atoms with Crippen LogP contribution < -0.4 is 5.32 Å². The molecule has 1 unspecified atom stereocenters.